The highest BCUT2D eigenvalue weighted by Gasteiger charge is 2.17. The lowest BCUT2D eigenvalue weighted by molar-refractivity contribution is -0.116. The average Bonchev–Trinajstić information content (AvgIpc) is 2.65. The molecule has 25 heavy (non-hydrogen) atoms. The highest BCUT2D eigenvalue weighted by Crippen LogP contribution is 2.25. The number of benzene rings is 1. The summed E-state index contributed by atoms with van der Waals surface area (Å²) in [5.74, 6) is -0.0781. The van der Waals surface area contributed by atoms with Gasteiger partial charge in [0.05, 0.1) is 19.3 Å². The third-order valence-electron chi connectivity index (χ3n) is 3.34. The number of methoxy groups -OCH3 is 1. The molecule has 1 amide bonds. The first kappa shape index (κ1) is 18.6. The van der Waals surface area contributed by atoms with Crippen LogP contribution in [0.15, 0.2) is 53.6 Å². The van der Waals surface area contributed by atoms with Crippen molar-refractivity contribution in [2.75, 3.05) is 14.2 Å². The van der Waals surface area contributed by atoms with Crippen molar-refractivity contribution in [1.29, 1.82) is 0 Å². The van der Waals surface area contributed by atoms with E-state index in [9.17, 15) is 13.2 Å². The molecule has 0 aliphatic heterocycles. The van der Waals surface area contributed by atoms with E-state index in [4.69, 9.17) is 4.74 Å². The van der Waals surface area contributed by atoms with E-state index in [2.05, 4.69) is 15.0 Å². The van der Waals surface area contributed by atoms with E-state index in [0.717, 1.165) is 5.69 Å². The van der Waals surface area contributed by atoms with Crippen molar-refractivity contribution in [2.45, 2.75) is 11.4 Å². The second-order valence-corrected chi connectivity index (χ2v) is 6.85. The lowest BCUT2D eigenvalue weighted by atomic mass is 10.2. The molecule has 0 bridgehead atoms. The van der Waals surface area contributed by atoms with Crippen LogP contribution >= 0.6 is 0 Å². The van der Waals surface area contributed by atoms with E-state index >= 15 is 0 Å². The monoisotopic (exact) mass is 361 g/mol. The largest absolute Gasteiger partial charge is 0.495 e. The van der Waals surface area contributed by atoms with Crippen LogP contribution in [-0.4, -0.2) is 33.5 Å². The summed E-state index contributed by atoms with van der Waals surface area (Å²) in [4.78, 5) is 16.0. The summed E-state index contributed by atoms with van der Waals surface area (Å²) in [6, 6.07) is 10.1. The number of ether oxygens (including phenoxy) is 1. The molecule has 2 rings (SSSR count). The Kier molecular flexibility index (Phi) is 6.26. The molecular weight excluding hydrogens is 342 g/mol. The van der Waals surface area contributed by atoms with Crippen molar-refractivity contribution in [3.63, 3.8) is 0 Å². The third kappa shape index (κ3) is 5.13. The highest BCUT2D eigenvalue weighted by molar-refractivity contribution is 7.89. The molecule has 8 heteroatoms. The summed E-state index contributed by atoms with van der Waals surface area (Å²) in [5, 5.41) is 2.70. The molecule has 0 aliphatic rings. The first-order chi connectivity index (χ1) is 12.0. The lowest BCUT2D eigenvalue weighted by Gasteiger charge is -2.09. The van der Waals surface area contributed by atoms with Crippen LogP contribution in [0.4, 0.5) is 0 Å². The number of sulfonamides is 1. The molecule has 1 heterocycles. The lowest BCUT2D eigenvalue weighted by Crippen LogP contribution is -2.20. The summed E-state index contributed by atoms with van der Waals surface area (Å²) < 4.78 is 31.4. The van der Waals surface area contributed by atoms with Crippen LogP contribution in [0.5, 0.6) is 5.75 Å². The first-order valence-corrected chi connectivity index (χ1v) is 8.92. The van der Waals surface area contributed by atoms with Gasteiger partial charge in [0.2, 0.25) is 15.9 Å². The topological polar surface area (TPSA) is 97.4 Å². The SMILES string of the molecule is CNS(=O)(=O)c1cc(/C=C/C(=O)NCc2ccccn2)ccc1OC. The van der Waals surface area contributed by atoms with E-state index in [-0.39, 0.29) is 16.6 Å². The summed E-state index contributed by atoms with van der Waals surface area (Å²) in [6.07, 6.45) is 4.51. The average molecular weight is 361 g/mol. The minimum Gasteiger partial charge on any atom is -0.495 e. The number of aromatic nitrogens is 1. The van der Waals surface area contributed by atoms with Crippen molar-refractivity contribution >= 4 is 22.0 Å². The number of nitrogens with zero attached hydrogens (tertiary/aromatic N) is 1. The zero-order valence-corrected chi connectivity index (χ0v) is 14.7. The van der Waals surface area contributed by atoms with Gasteiger partial charge in [-0.2, -0.15) is 0 Å². The summed E-state index contributed by atoms with van der Waals surface area (Å²) in [5.41, 5.74) is 1.30. The van der Waals surface area contributed by atoms with Crippen molar-refractivity contribution in [3.05, 3.63) is 59.9 Å². The van der Waals surface area contributed by atoms with Gasteiger partial charge >= 0.3 is 0 Å². The fourth-order valence-electron chi connectivity index (χ4n) is 2.03. The molecule has 1 aromatic heterocycles. The molecule has 0 spiro atoms. The molecule has 0 fully saturated rings. The molecule has 7 nitrogen and oxygen atoms in total. The van der Waals surface area contributed by atoms with Crippen LogP contribution in [0, 0.1) is 0 Å². The van der Waals surface area contributed by atoms with Crippen LogP contribution in [0.2, 0.25) is 0 Å². The van der Waals surface area contributed by atoms with E-state index < -0.39 is 10.0 Å². The van der Waals surface area contributed by atoms with Gasteiger partial charge in [0.15, 0.2) is 0 Å². The maximum Gasteiger partial charge on any atom is 0.244 e. The smallest absolute Gasteiger partial charge is 0.244 e. The number of nitrogens with one attached hydrogen (secondary N) is 2. The van der Waals surface area contributed by atoms with Crippen LogP contribution in [0.3, 0.4) is 0 Å². The van der Waals surface area contributed by atoms with Gasteiger partial charge < -0.3 is 10.1 Å². The second kappa shape index (κ2) is 8.41. The molecule has 0 unspecified atom stereocenters. The van der Waals surface area contributed by atoms with Crippen molar-refractivity contribution in [3.8, 4) is 5.75 Å². The third-order valence-corrected chi connectivity index (χ3v) is 4.78. The molecule has 0 saturated carbocycles. The number of carbonyl (C=O) groups is 1. The Morgan fingerprint density at radius 1 is 1.28 bits per heavy atom. The molecule has 2 aromatic rings. The molecule has 0 radical (unpaired) electrons. The van der Waals surface area contributed by atoms with Gasteiger partial charge in [-0.3, -0.25) is 9.78 Å². The molecule has 2 N–H and O–H groups in total. The van der Waals surface area contributed by atoms with Crippen molar-refractivity contribution in [1.82, 2.24) is 15.0 Å². The first-order valence-electron chi connectivity index (χ1n) is 7.43. The number of hydrogen-bond donors (Lipinski definition) is 2. The van der Waals surface area contributed by atoms with Gasteiger partial charge in [0.25, 0.3) is 0 Å². The Balaban J connectivity index is 2.10. The van der Waals surface area contributed by atoms with Crippen molar-refractivity contribution in [2.24, 2.45) is 0 Å². The standard InChI is InChI=1S/C17H19N3O4S/c1-18-25(22,23)16-11-13(6-8-15(16)24-2)7-9-17(21)20-12-14-5-3-4-10-19-14/h3-11,18H,12H2,1-2H3,(H,20,21)/b9-7+. The summed E-state index contributed by atoms with van der Waals surface area (Å²) in [7, 11) is -0.951. The van der Waals surface area contributed by atoms with Crippen LogP contribution in [0.25, 0.3) is 6.08 Å². The van der Waals surface area contributed by atoms with E-state index in [1.165, 1.54) is 38.4 Å². The van der Waals surface area contributed by atoms with Crippen LogP contribution < -0.4 is 14.8 Å². The molecule has 1 aromatic carbocycles. The van der Waals surface area contributed by atoms with Gasteiger partial charge in [-0.25, -0.2) is 13.1 Å². The fraction of sp³-hybridized carbons (Fsp3) is 0.176. The second-order valence-electron chi connectivity index (χ2n) is 4.99. The Morgan fingerprint density at radius 3 is 2.72 bits per heavy atom. The van der Waals surface area contributed by atoms with Gasteiger partial charge in [-0.15, -0.1) is 0 Å². The molecular formula is C17H19N3O4S. The van der Waals surface area contributed by atoms with Crippen LogP contribution in [0.1, 0.15) is 11.3 Å². The van der Waals surface area contributed by atoms with Gasteiger partial charge in [0.1, 0.15) is 10.6 Å². The Morgan fingerprint density at radius 2 is 2.08 bits per heavy atom. The highest BCUT2D eigenvalue weighted by atomic mass is 32.2. The Hall–Kier alpha value is -2.71. The fourth-order valence-corrected chi connectivity index (χ4v) is 2.96. The predicted octanol–water partition coefficient (Wildman–Crippen LogP) is 1.33. The Labute approximate surface area is 146 Å². The van der Waals surface area contributed by atoms with Gasteiger partial charge in [-0.05, 0) is 43.0 Å². The molecule has 0 aliphatic carbocycles. The number of carbonyl (C=O) groups excluding carboxylic acids is 1. The molecule has 0 atom stereocenters. The number of amides is 1. The number of rotatable bonds is 7. The Bertz CT molecular complexity index is 865. The zero-order valence-electron chi connectivity index (χ0n) is 13.9. The molecule has 132 valence electrons. The number of hydrogen-bond acceptors (Lipinski definition) is 5. The summed E-state index contributed by atoms with van der Waals surface area (Å²) >= 11 is 0. The minimum atomic E-state index is -3.67. The zero-order chi connectivity index (χ0) is 18.3. The normalized spacial score (nSPS) is 11.4. The van der Waals surface area contributed by atoms with E-state index in [0.29, 0.717) is 12.1 Å². The quantitative estimate of drug-likeness (QED) is 0.725. The van der Waals surface area contributed by atoms with Gasteiger partial charge in [0, 0.05) is 12.3 Å². The summed E-state index contributed by atoms with van der Waals surface area (Å²) in [6.45, 7) is 0.312. The maximum absolute atomic E-state index is 12.0. The molecule has 0 saturated heterocycles. The maximum atomic E-state index is 12.0. The van der Waals surface area contributed by atoms with Gasteiger partial charge in [-0.1, -0.05) is 12.1 Å². The predicted molar refractivity (Wildman–Crippen MR) is 94.4 cm³/mol. The van der Waals surface area contributed by atoms with Crippen LogP contribution in [-0.2, 0) is 21.4 Å². The number of pyridine rings is 1. The minimum absolute atomic E-state index is 0.00791. The van der Waals surface area contributed by atoms with E-state index in [1.807, 2.05) is 12.1 Å². The van der Waals surface area contributed by atoms with Crippen molar-refractivity contribution < 1.29 is 17.9 Å². The van der Waals surface area contributed by atoms with E-state index in [1.54, 1.807) is 18.3 Å².